The lowest BCUT2D eigenvalue weighted by molar-refractivity contribution is 0.143. The second-order valence-corrected chi connectivity index (χ2v) is 8.19. The van der Waals surface area contributed by atoms with Gasteiger partial charge >= 0.3 is 0 Å². The Morgan fingerprint density at radius 1 is 1.20 bits per heavy atom. The van der Waals surface area contributed by atoms with Crippen LogP contribution in [0.2, 0.25) is 0 Å². The predicted molar refractivity (Wildman–Crippen MR) is 103 cm³/mol. The van der Waals surface area contributed by atoms with Gasteiger partial charge in [0, 0.05) is 29.6 Å². The molecule has 2 aromatic rings. The fraction of sp³-hybridized carbons (Fsp3) is 0.429. The Hall–Kier alpha value is -1.80. The summed E-state index contributed by atoms with van der Waals surface area (Å²) in [6, 6.07) is 13.1. The van der Waals surface area contributed by atoms with E-state index in [-0.39, 0.29) is 0 Å². The fourth-order valence-corrected chi connectivity index (χ4v) is 3.64. The van der Waals surface area contributed by atoms with Crippen LogP contribution in [0.1, 0.15) is 42.0 Å². The van der Waals surface area contributed by atoms with Crippen LogP contribution in [-0.2, 0) is 13.1 Å². The summed E-state index contributed by atoms with van der Waals surface area (Å²) in [5.41, 5.74) is 0.282. The summed E-state index contributed by atoms with van der Waals surface area (Å²) in [5.74, 6) is 6.91. The Morgan fingerprint density at radius 2 is 1.96 bits per heavy atom. The van der Waals surface area contributed by atoms with E-state index < -0.39 is 5.60 Å². The normalized spacial score (nSPS) is 14.3. The SMILES string of the molecule is COc1ccccc1CN(Cc1ccc(C#CC(C)(C)O)s1)C1CC1. The molecule has 1 heterocycles. The monoisotopic (exact) mass is 355 g/mol. The molecule has 1 saturated carbocycles. The van der Waals surface area contributed by atoms with E-state index in [1.54, 1.807) is 32.3 Å². The lowest BCUT2D eigenvalue weighted by atomic mass is 10.1. The van der Waals surface area contributed by atoms with Gasteiger partial charge in [0.2, 0.25) is 0 Å². The van der Waals surface area contributed by atoms with Gasteiger partial charge in [-0.2, -0.15) is 0 Å². The van der Waals surface area contributed by atoms with E-state index in [0.29, 0.717) is 6.04 Å². The number of hydrogen-bond acceptors (Lipinski definition) is 4. The lowest BCUT2D eigenvalue weighted by Gasteiger charge is -2.22. The average Bonchev–Trinajstić information content (AvgIpc) is 3.32. The quantitative estimate of drug-likeness (QED) is 0.794. The summed E-state index contributed by atoms with van der Waals surface area (Å²) < 4.78 is 5.50. The maximum absolute atomic E-state index is 9.74. The maximum Gasteiger partial charge on any atom is 0.123 e. The van der Waals surface area contributed by atoms with Crippen molar-refractivity contribution in [2.24, 2.45) is 0 Å². The van der Waals surface area contributed by atoms with Crippen molar-refractivity contribution in [3.05, 3.63) is 51.7 Å². The van der Waals surface area contributed by atoms with E-state index in [2.05, 4.69) is 34.9 Å². The molecule has 1 aliphatic carbocycles. The van der Waals surface area contributed by atoms with E-state index >= 15 is 0 Å². The number of ether oxygens (including phenoxy) is 1. The van der Waals surface area contributed by atoms with Gasteiger partial charge in [0.15, 0.2) is 0 Å². The minimum absolute atomic E-state index is 0.665. The Morgan fingerprint density at radius 3 is 2.64 bits per heavy atom. The number of methoxy groups -OCH3 is 1. The highest BCUT2D eigenvalue weighted by Gasteiger charge is 2.29. The van der Waals surface area contributed by atoms with Gasteiger partial charge in [-0.3, -0.25) is 4.90 Å². The molecule has 1 fully saturated rings. The molecule has 0 amide bonds. The second kappa shape index (κ2) is 7.61. The molecule has 25 heavy (non-hydrogen) atoms. The second-order valence-electron chi connectivity index (χ2n) is 7.02. The molecule has 3 rings (SSSR count). The summed E-state index contributed by atoms with van der Waals surface area (Å²) in [6.07, 6.45) is 2.54. The van der Waals surface area contributed by atoms with Crippen molar-refractivity contribution in [2.45, 2.75) is 51.4 Å². The summed E-state index contributed by atoms with van der Waals surface area (Å²) in [4.78, 5) is 4.84. The summed E-state index contributed by atoms with van der Waals surface area (Å²) in [7, 11) is 1.73. The van der Waals surface area contributed by atoms with Crippen LogP contribution in [0.4, 0.5) is 0 Å². The van der Waals surface area contributed by atoms with Gasteiger partial charge in [0.1, 0.15) is 11.4 Å². The van der Waals surface area contributed by atoms with Crippen LogP contribution < -0.4 is 4.74 Å². The third-order valence-corrected chi connectivity index (χ3v) is 5.13. The highest BCUT2D eigenvalue weighted by molar-refractivity contribution is 7.12. The standard InChI is InChI=1S/C21H25NO2S/c1-21(2,23)13-12-18-10-11-19(25-18)15-22(17-8-9-17)14-16-6-4-5-7-20(16)24-3/h4-7,10-11,17,23H,8-9,14-15H2,1-3H3. The molecule has 1 aliphatic rings. The van der Waals surface area contributed by atoms with Crippen molar-refractivity contribution in [3.8, 4) is 17.6 Å². The molecule has 0 radical (unpaired) electrons. The van der Waals surface area contributed by atoms with E-state index in [0.717, 1.165) is 23.7 Å². The lowest BCUT2D eigenvalue weighted by Crippen LogP contribution is -2.24. The molecule has 1 aromatic heterocycles. The third-order valence-electron chi connectivity index (χ3n) is 4.14. The highest BCUT2D eigenvalue weighted by Crippen LogP contribution is 2.32. The molecule has 4 heteroatoms. The van der Waals surface area contributed by atoms with Crippen LogP contribution in [0.5, 0.6) is 5.75 Å². The van der Waals surface area contributed by atoms with Crippen LogP contribution in [0, 0.1) is 11.8 Å². The van der Waals surface area contributed by atoms with Crippen molar-refractivity contribution >= 4 is 11.3 Å². The van der Waals surface area contributed by atoms with Crippen LogP contribution in [0.15, 0.2) is 36.4 Å². The van der Waals surface area contributed by atoms with Gasteiger partial charge in [0.05, 0.1) is 12.0 Å². The Kier molecular flexibility index (Phi) is 5.48. The van der Waals surface area contributed by atoms with Gasteiger partial charge in [-0.15, -0.1) is 11.3 Å². The number of rotatable bonds is 6. The van der Waals surface area contributed by atoms with Crippen molar-refractivity contribution < 1.29 is 9.84 Å². The van der Waals surface area contributed by atoms with Gasteiger partial charge in [-0.1, -0.05) is 30.0 Å². The number of para-hydroxylation sites is 1. The first-order valence-electron chi connectivity index (χ1n) is 8.65. The Balaban J connectivity index is 1.70. The molecule has 0 aliphatic heterocycles. The number of nitrogens with zero attached hydrogens (tertiary/aromatic N) is 1. The van der Waals surface area contributed by atoms with Crippen LogP contribution in [0.25, 0.3) is 0 Å². The van der Waals surface area contributed by atoms with E-state index in [1.807, 2.05) is 18.2 Å². The van der Waals surface area contributed by atoms with E-state index in [9.17, 15) is 5.11 Å². The number of benzene rings is 1. The molecule has 1 N–H and O–H groups in total. The molecule has 0 bridgehead atoms. The zero-order chi connectivity index (χ0) is 17.9. The number of hydrogen-bond donors (Lipinski definition) is 1. The zero-order valence-electron chi connectivity index (χ0n) is 15.1. The smallest absolute Gasteiger partial charge is 0.123 e. The minimum atomic E-state index is -0.950. The van der Waals surface area contributed by atoms with Crippen LogP contribution in [-0.4, -0.2) is 28.8 Å². The van der Waals surface area contributed by atoms with Crippen molar-refractivity contribution in [1.29, 1.82) is 0 Å². The molecule has 1 aromatic carbocycles. The molecule has 0 saturated heterocycles. The number of aliphatic hydroxyl groups is 1. The molecule has 0 atom stereocenters. The molecule has 132 valence electrons. The van der Waals surface area contributed by atoms with Crippen LogP contribution in [0.3, 0.4) is 0 Å². The average molecular weight is 356 g/mol. The largest absolute Gasteiger partial charge is 0.496 e. The van der Waals surface area contributed by atoms with Gasteiger partial charge < -0.3 is 9.84 Å². The first-order valence-corrected chi connectivity index (χ1v) is 9.46. The third kappa shape index (κ3) is 5.34. The Bertz CT molecular complexity index is 775. The summed E-state index contributed by atoms with van der Waals surface area (Å²) >= 11 is 1.71. The van der Waals surface area contributed by atoms with E-state index in [4.69, 9.17) is 4.74 Å². The molecule has 3 nitrogen and oxygen atoms in total. The maximum atomic E-state index is 9.74. The zero-order valence-corrected chi connectivity index (χ0v) is 15.9. The highest BCUT2D eigenvalue weighted by atomic mass is 32.1. The minimum Gasteiger partial charge on any atom is -0.496 e. The van der Waals surface area contributed by atoms with Crippen LogP contribution >= 0.6 is 11.3 Å². The van der Waals surface area contributed by atoms with Gasteiger partial charge in [0.25, 0.3) is 0 Å². The number of thiophene rings is 1. The first kappa shape index (κ1) is 18.0. The molecule has 0 unspecified atom stereocenters. The molecular weight excluding hydrogens is 330 g/mol. The molecule has 0 spiro atoms. The Labute approximate surface area is 154 Å². The van der Waals surface area contributed by atoms with Gasteiger partial charge in [-0.05, 0) is 44.9 Å². The van der Waals surface area contributed by atoms with E-state index in [1.165, 1.54) is 23.3 Å². The topological polar surface area (TPSA) is 32.7 Å². The molecular formula is C21H25NO2S. The summed E-state index contributed by atoms with van der Waals surface area (Å²) in [5, 5.41) is 9.74. The van der Waals surface area contributed by atoms with Gasteiger partial charge in [-0.25, -0.2) is 0 Å². The van der Waals surface area contributed by atoms with Crippen molar-refractivity contribution in [3.63, 3.8) is 0 Å². The van der Waals surface area contributed by atoms with Crippen molar-refractivity contribution in [1.82, 2.24) is 4.90 Å². The summed E-state index contributed by atoms with van der Waals surface area (Å²) in [6.45, 7) is 5.24. The fourth-order valence-electron chi connectivity index (χ4n) is 2.75. The first-order chi connectivity index (χ1) is 11.9. The predicted octanol–water partition coefficient (Wildman–Crippen LogP) is 4.04. The van der Waals surface area contributed by atoms with Crippen molar-refractivity contribution in [2.75, 3.05) is 7.11 Å².